The highest BCUT2D eigenvalue weighted by Crippen LogP contribution is 2.35. The number of anilines is 2. The summed E-state index contributed by atoms with van der Waals surface area (Å²) in [5.74, 6) is -2.51. The van der Waals surface area contributed by atoms with Gasteiger partial charge in [-0.1, -0.05) is 0 Å². The summed E-state index contributed by atoms with van der Waals surface area (Å²) in [6, 6.07) is 1.35. The minimum Gasteiger partial charge on any atom is -0.455 e. The monoisotopic (exact) mass is 520 g/mol. The number of amides is 2. The van der Waals surface area contributed by atoms with E-state index in [0.29, 0.717) is 12.8 Å². The Hall–Kier alpha value is -2.70. The van der Waals surface area contributed by atoms with Crippen LogP contribution in [0.15, 0.2) is 12.1 Å². The number of nitrogens with two attached hydrogens (primary N) is 1. The second-order valence-electron chi connectivity index (χ2n) is 8.62. The fourth-order valence-corrected chi connectivity index (χ4v) is 4.09. The van der Waals surface area contributed by atoms with Crippen LogP contribution in [0.2, 0.25) is 0 Å². The van der Waals surface area contributed by atoms with Crippen molar-refractivity contribution in [3.05, 3.63) is 23.8 Å². The smallest absolute Gasteiger partial charge is 0.414 e. The van der Waals surface area contributed by atoms with Gasteiger partial charge < -0.3 is 30.2 Å². The molecule has 1 aromatic rings. The Morgan fingerprint density at radius 3 is 2.40 bits per heavy atom. The van der Waals surface area contributed by atoms with Crippen LogP contribution in [0.1, 0.15) is 26.7 Å². The number of methoxy groups -OCH3 is 1. The number of cyclic esters (lactones) is 1. The van der Waals surface area contributed by atoms with Crippen LogP contribution < -0.4 is 20.9 Å². The first-order chi connectivity index (χ1) is 16.0. The summed E-state index contributed by atoms with van der Waals surface area (Å²) in [6.45, 7) is 3.57. The standard InChI is InChI=1S/C22H30F2N4O6.ClH/c1-13(25)20(30)34-22(12-32-3)4-6-27(7-5-22)19-17(23)8-15(9-18(19)24)28-11-16(33-21(28)31)10-26-14(2)29;/h8-9,13,16H,4-7,10-12,25H2,1-3H3,(H,26,29);1H. The number of hydrogen-bond acceptors (Lipinski definition) is 8. The predicted molar refractivity (Wildman–Crippen MR) is 126 cm³/mol. The van der Waals surface area contributed by atoms with Crippen LogP contribution in [0.4, 0.5) is 25.0 Å². The molecule has 0 spiro atoms. The quantitative estimate of drug-likeness (QED) is 0.497. The number of carbonyl (C=O) groups is 3. The molecule has 0 saturated carbocycles. The van der Waals surface area contributed by atoms with Crippen molar-refractivity contribution >= 4 is 41.8 Å². The number of esters is 1. The molecule has 0 radical (unpaired) electrons. The van der Waals surface area contributed by atoms with E-state index < -0.39 is 41.4 Å². The number of benzene rings is 1. The number of rotatable bonds is 8. The third kappa shape index (κ3) is 6.71. The van der Waals surface area contributed by atoms with E-state index in [2.05, 4.69) is 5.32 Å². The molecule has 2 saturated heterocycles. The number of carbonyl (C=O) groups excluding carboxylic acids is 3. The SMILES string of the molecule is COCC1(OC(=O)C(C)N)CCN(c2c(F)cc(N3CC(CNC(C)=O)OC3=O)cc2F)CC1.Cl. The molecule has 2 heterocycles. The number of ether oxygens (including phenoxy) is 3. The molecule has 3 rings (SSSR count). The Kier molecular flexibility index (Phi) is 9.64. The molecule has 0 aliphatic carbocycles. The number of piperidine rings is 1. The topological polar surface area (TPSA) is 123 Å². The van der Waals surface area contributed by atoms with Gasteiger partial charge in [-0.25, -0.2) is 13.6 Å². The lowest BCUT2D eigenvalue weighted by Crippen LogP contribution is -2.51. The van der Waals surface area contributed by atoms with Gasteiger partial charge in [-0.2, -0.15) is 0 Å². The molecule has 2 fully saturated rings. The number of nitrogens with zero attached hydrogens (tertiary/aromatic N) is 2. The van der Waals surface area contributed by atoms with Crippen molar-refractivity contribution < 1.29 is 37.4 Å². The molecule has 196 valence electrons. The minimum absolute atomic E-state index is 0. The van der Waals surface area contributed by atoms with E-state index >= 15 is 8.78 Å². The first kappa shape index (κ1) is 28.5. The van der Waals surface area contributed by atoms with Gasteiger partial charge in [0.1, 0.15) is 23.4 Å². The van der Waals surface area contributed by atoms with Crippen molar-refractivity contribution in [2.24, 2.45) is 5.73 Å². The maximum atomic E-state index is 15.0. The molecule has 13 heteroatoms. The van der Waals surface area contributed by atoms with Crippen LogP contribution in [0, 0.1) is 11.6 Å². The molecule has 35 heavy (non-hydrogen) atoms. The first-order valence-corrected chi connectivity index (χ1v) is 11.0. The highest BCUT2D eigenvalue weighted by Gasteiger charge is 2.40. The van der Waals surface area contributed by atoms with E-state index in [4.69, 9.17) is 19.9 Å². The van der Waals surface area contributed by atoms with Crippen molar-refractivity contribution in [3.8, 4) is 0 Å². The lowest BCUT2D eigenvalue weighted by molar-refractivity contribution is -0.169. The molecule has 2 amide bonds. The second kappa shape index (κ2) is 11.8. The van der Waals surface area contributed by atoms with E-state index in [1.54, 1.807) is 0 Å². The van der Waals surface area contributed by atoms with E-state index in [1.807, 2.05) is 0 Å². The summed E-state index contributed by atoms with van der Waals surface area (Å²) in [5, 5.41) is 2.54. The molecular formula is C22H31ClF2N4O6. The van der Waals surface area contributed by atoms with Crippen LogP contribution in [0.25, 0.3) is 0 Å². The van der Waals surface area contributed by atoms with Crippen molar-refractivity contribution in [1.29, 1.82) is 0 Å². The average Bonchev–Trinajstić information content (AvgIpc) is 3.14. The van der Waals surface area contributed by atoms with E-state index in [-0.39, 0.29) is 62.5 Å². The third-order valence-corrected chi connectivity index (χ3v) is 5.85. The highest BCUT2D eigenvalue weighted by molar-refractivity contribution is 5.90. The van der Waals surface area contributed by atoms with Gasteiger partial charge in [0.15, 0.2) is 11.6 Å². The van der Waals surface area contributed by atoms with Gasteiger partial charge in [0.25, 0.3) is 0 Å². The number of nitrogens with one attached hydrogen (secondary N) is 1. The van der Waals surface area contributed by atoms with Crippen molar-refractivity contribution in [1.82, 2.24) is 5.32 Å². The van der Waals surface area contributed by atoms with Crippen LogP contribution in [-0.4, -0.2) is 75.6 Å². The molecule has 2 unspecified atom stereocenters. The van der Waals surface area contributed by atoms with Gasteiger partial charge in [0, 0.05) is 52.1 Å². The van der Waals surface area contributed by atoms with Crippen molar-refractivity contribution in [2.75, 3.05) is 49.7 Å². The summed E-state index contributed by atoms with van der Waals surface area (Å²) in [7, 11) is 1.48. The largest absolute Gasteiger partial charge is 0.455 e. The number of halogens is 3. The zero-order chi connectivity index (χ0) is 25.0. The molecule has 0 bridgehead atoms. The van der Waals surface area contributed by atoms with Crippen LogP contribution in [0.5, 0.6) is 0 Å². The lowest BCUT2D eigenvalue weighted by atomic mass is 9.91. The van der Waals surface area contributed by atoms with Gasteiger partial charge in [-0.3, -0.25) is 14.5 Å². The third-order valence-electron chi connectivity index (χ3n) is 5.85. The van der Waals surface area contributed by atoms with Crippen molar-refractivity contribution in [3.63, 3.8) is 0 Å². The number of hydrogen-bond donors (Lipinski definition) is 2. The molecule has 1 aromatic carbocycles. The summed E-state index contributed by atoms with van der Waals surface area (Å²) in [6.07, 6.45) is -0.788. The van der Waals surface area contributed by atoms with Crippen molar-refractivity contribution in [2.45, 2.75) is 44.4 Å². The van der Waals surface area contributed by atoms with Gasteiger partial charge in [-0.05, 0) is 6.92 Å². The maximum Gasteiger partial charge on any atom is 0.414 e. The molecule has 0 aromatic heterocycles. The summed E-state index contributed by atoms with van der Waals surface area (Å²) in [5.41, 5.74) is 4.47. The van der Waals surface area contributed by atoms with E-state index in [0.717, 1.165) is 17.0 Å². The summed E-state index contributed by atoms with van der Waals surface area (Å²) >= 11 is 0. The molecular weight excluding hydrogens is 490 g/mol. The van der Waals surface area contributed by atoms with Crippen LogP contribution >= 0.6 is 12.4 Å². The fourth-order valence-electron chi connectivity index (χ4n) is 4.09. The molecule has 2 aliphatic heterocycles. The van der Waals surface area contributed by atoms with Gasteiger partial charge >= 0.3 is 12.1 Å². The summed E-state index contributed by atoms with van der Waals surface area (Å²) < 4.78 is 46.0. The Bertz CT molecular complexity index is 920. The van der Waals surface area contributed by atoms with Gasteiger partial charge in [-0.15, -0.1) is 12.4 Å². The minimum atomic E-state index is -0.926. The normalized spacial score (nSPS) is 20.1. The van der Waals surface area contributed by atoms with Gasteiger partial charge in [0.2, 0.25) is 5.91 Å². The van der Waals surface area contributed by atoms with Crippen LogP contribution in [0.3, 0.4) is 0 Å². The van der Waals surface area contributed by atoms with E-state index in [9.17, 15) is 14.4 Å². The molecule has 2 atom stereocenters. The first-order valence-electron chi connectivity index (χ1n) is 11.0. The Morgan fingerprint density at radius 2 is 1.89 bits per heavy atom. The average molecular weight is 521 g/mol. The van der Waals surface area contributed by atoms with Crippen LogP contribution in [-0.2, 0) is 23.8 Å². The summed E-state index contributed by atoms with van der Waals surface area (Å²) in [4.78, 5) is 37.9. The Labute approximate surface area is 208 Å². The fraction of sp³-hybridized carbons (Fsp3) is 0.591. The highest BCUT2D eigenvalue weighted by atomic mass is 35.5. The Morgan fingerprint density at radius 1 is 1.29 bits per heavy atom. The Balaban J connectivity index is 0.00000432. The molecule has 2 aliphatic rings. The van der Waals surface area contributed by atoms with Gasteiger partial charge in [0.05, 0.1) is 25.4 Å². The van der Waals surface area contributed by atoms with E-state index in [1.165, 1.54) is 25.9 Å². The molecule has 3 N–H and O–H groups in total. The second-order valence-corrected chi connectivity index (χ2v) is 8.62. The predicted octanol–water partition coefficient (Wildman–Crippen LogP) is 1.72. The molecule has 10 nitrogen and oxygen atoms in total. The zero-order valence-electron chi connectivity index (χ0n) is 19.8. The zero-order valence-corrected chi connectivity index (χ0v) is 20.7. The maximum absolute atomic E-state index is 15.0. The lowest BCUT2D eigenvalue weighted by Gasteiger charge is -2.42.